The van der Waals surface area contributed by atoms with E-state index in [-0.39, 0.29) is 5.91 Å². The van der Waals surface area contributed by atoms with Gasteiger partial charge in [0, 0.05) is 19.2 Å². The average Bonchev–Trinajstić information content (AvgIpc) is 3.05. The third kappa shape index (κ3) is 1.93. The minimum absolute atomic E-state index is 0.234. The third-order valence-electron chi connectivity index (χ3n) is 3.77. The van der Waals surface area contributed by atoms with Crippen LogP contribution in [0.2, 0.25) is 0 Å². The van der Waals surface area contributed by atoms with E-state index in [1.54, 1.807) is 18.5 Å². The molecule has 1 fully saturated rings. The molecule has 0 spiro atoms. The van der Waals surface area contributed by atoms with Gasteiger partial charge in [-0.1, -0.05) is 0 Å². The Labute approximate surface area is 115 Å². The number of rotatable bonds is 2. The molecule has 1 saturated heterocycles. The van der Waals surface area contributed by atoms with Gasteiger partial charge in [0.05, 0.1) is 17.4 Å². The molecule has 1 aliphatic heterocycles. The van der Waals surface area contributed by atoms with E-state index in [0.717, 1.165) is 17.5 Å². The Kier molecular flexibility index (Phi) is 2.93. The molecule has 0 saturated carbocycles. The Morgan fingerprint density at radius 1 is 1.40 bits per heavy atom. The fourth-order valence-corrected chi connectivity index (χ4v) is 2.70. The van der Waals surface area contributed by atoms with Gasteiger partial charge in [0.2, 0.25) is 0 Å². The smallest absolute Gasteiger partial charge is 0.326 e. The molecule has 1 atom stereocenters. The number of benzene rings is 1. The number of hydrogen-bond acceptors (Lipinski definition) is 3. The number of carboxylic acids is 1. The van der Waals surface area contributed by atoms with Gasteiger partial charge in [-0.15, -0.1) is 0 Å². The van der Waals surface area contributed by atoms with Crippen LogP contribution < -0.4 is 0 Å². The van der Waals surface area contributed by atoms with E-state index in [0.29, 0.717) is 18.5 Å². The second-order valence-corrected chi connectivity index (χ2v) is 5.05. The molecule has 1 aromatic heterocycles. The Hall–Kier alpha value is -2.37. The van der Waals surface area contributed by atoms with Gasteiger partial charge in [-0.05, 0) is 31.0 Å². The van der Waals surface area contributed by atoms with E-state index < -0.39 is 12.0 Å². The van der Waals surface area contributed by atoms with Crippen LogP contribution in [-0.4, -0.2) is 44.0 Å². The standard InChI is InChI=1S/C14H15N3O3/c1-16-8-15-10-7-9(4-5-11(10)16)13(18)17-6-2-3-12(17)14(19)20/h4-5,7-8,12H,2-3,6H2,1H3,(H,19,20)/t12-/m0/s1. The highest BCUT2D eigenvalue weighted by molar-refractivity contribution is 5.99. The predicted molar refractivity (Wildman–Crippen MR) is 72.4 cm³/mol. The van der Waals surface area contributed by atoms with E-state index in [1.165, 1.54) is 4.90 Å². The summed E-state index contributed by atoms with van der Waals surface area (Å²) in [4.78, 5) is 29.2. The predicted octanol–water partition coefficient (Wildman–Crippen LogP) is 1.26. The fourth-order valence-electron chi connectivity index (χ4n) is 2.70. The lowest BCUT2D eigenvalue weighted by molar-refractivity contribution is -0.141. The molecular weight excluding hydrogens is 258 g/mol. The first-order valence-corrected chi connectivity index (χ1v) is 6.53. The first kappa shape index (κ1) is 12.7. The molecule has 2 aromatic rings. The maximum Gasteiger partial charge on any atom is 0.326 e. The minimum atomic E-state index is -0.935. The molecular formula is C14H15N3O3. The molecule has 1 N–H and O–H groups in total. The highest BCUT2D eigenvalue weighted by atomic mass is 16.4. The molecule has 0 bridgehead atoms. The van der Waals surface area contributed by atoms with E-state index in [1.807, 2.05) is 17.7 Å². The molecule has 1 aromatic carbocycles. The molecule has 0 unspecified atom stereocenters. The summed E-state index contributed by atoms with van der Waals surface area (Å²) in [6.07, 6.45) is 2.94. The Morgan fingerprint density at radius 3 is 2.95 bits per heavy atom. The van der Waals surface area contributed by atoms with Crippen molar-refractivity contribution in [2.75, 3.05) is 6.54 Å². The van der Waals surface area contributed by atoms with Crippen LogP contribution in [0.3, 0.4) is 0 Å². The quantitative estimate of drug-likeness (QED) is 0.893. The van der Waals surface area contributed by atoms with Crippen molar-refractivity contribution in [3.63, 3.8) is 0 Å². The van der Waals surface area contributed by atoms with Crippen molar-refractivity contribution in [2.24, 2.45) is 7.05 Å². The maximum atomic E-state index is 12.4. The van der Waals surface area contributed by atoms with Crippen molar-refractivity contribution in [2.45, 2.75) is 18.9 Å². The van der Waals surface area contributed by atoms with Gasteiger partial charge in [0.1, 0.15) is 6.04 Å². The van der Waals surface area contributed by atoms with Gasteiger partial charge < -0.3 is 14.6 Å². The molecule has 20 heavy (non-hydrogen) atoms. The molecule has 1 aliphatic rings. The van der Waals surface area contributed by atoms with Crippen molar-refractivity contribution in [1.29, 1.82) is 0 Å². The van der Waals surface area contributed by atoms with Gasteiger partial charge in [0.25, 0.3) is 5.91 Å². The van der Waals surface area contributed by atoms with Gasteiger partial charge in [-0.3, -0.25) is 4.79 Å². The summed E-state index contributed by atoms with van der Waals surface area (Å²) in [6.45, 7) is 0.496. The first-order chi connectivity index (χ1) is 9.58. The highest BCUT2D eigenvalue weighted by Crippen LogP contribution is 2.22. The van der Waals surface area contributed by atoms with Crippen molar-refractivity contribution in [3.05, 3.63) is 30.1 Å². The number of amides is 1. The molecule has 6 nitrogen and oxygen atoms in total. The third-order valence-corrected chi connectivity index (χ3v) is 3.77. The van der Waals surface area contributed by atoms with Crippen LogP contribution in [0.1, 0.15) is 23.2 Å². The lowest BCUT2D eigenvalue weighted by Crippen LogP contribution is -2.40. The fraction of sp³-hybridized carbons (Fsp3) is 0.357. The minimum Gasteiger partial charge on any atom is -0.480 e. The zero-order chi connectivity index (χ0) is 14.3. The van der Waals surface area contributed by atoms with Crippen LogP contribution in [0, 0.1) is 0 Å². The monoisotopic (exact) mass is 273 g/mol. The summed E-state index contributed by atoms with van der Waals surface area (Å²) in [7, 11) is 1.89. The van der Waals surface area contributed by atoms with Gasteiger partial charge in [-0.2, -0.15) is 0 Å². The summed E-state index contributed by atoms with van der Waals surface area (Å²) in [5.74, 6) is -1.17. The number of likely N-dealkylation sites (tertiary alicyclic amines) is 1. The normalized spacial score (nSPS) is 18.6. The Balaban J connectivity index is 1.94. The van der Waals surface area contributed by atoms with Gasteiger partial charge in [-0.25, -0.2) is 9.78 Å². The van der Waals surface area contributed by atoms with Crippen molar-refractivity contribution >= 4 is 22.9 Å². The topological polar surface area (TPSA) is 75.4 Å². The van der Waals surface area contributed by atoms with Crippen molar-refractivity contribution in [3.8, 4) is 0 Å². The number of aromatic nitrogens is 2. The number of hydrogen-bond donors (Lipinski definition) is 1. The molecule has 0 aliphatic carbocycles. The lowest BCUT2D eigenvalue weighted by atomic mass is 10.1. The number of nitrogens with zero attached hydrogens (tertiary/aromatic N) is 3. The lowest BCUT2D eigenvalue weighted by Gasteiger charge is -2.21. The van der Waals surface area contributed by atoms with Crippen LogP contribution in [0.5, 0.6) is 0 Å². The zero-order valence-electron chi connectivity index (χ0n) is 11.1. The first-order valence-electron chi connectivity index (χ1n) is 6.53. The average molecular weight is 273 g/mol. The number of carbonyl (C=O) groups is 2. The number of carboxylic acid groups (broad SMARTS) is 1. The molecule has 104 valence electrons. The second kappa shape index (κ2) is 4.63. The van der Waals surface area contributed by atoms with E-state index in [9.17, 15) is 9.59 Å². The van der Waals surface area contributed by atoms with Crippen LogP contribution in [0.25, 0.3) is 11.0 Å². The number of imidazole rings is 1. The molecule has 3 rings (SSSR count). The van der Waals surface area contributed by atoms with Gasteiger partial charge in [0.15, 0.2) is 0 Å². The van der Waals surface area contributed by atoms with E-state index in [2.05, 4.69) is 4.98 Å². The van der Waals surface area contributed by atoms with Crippen LogP contribution >= 0.6 is 0 Å². The maximum absolute atomic E-state index is 12.4. The summed E-state index contributed by atoms with van der Waals surface area (Å²) >= 11 is 0. The largest absolute Gasteiger partial charge is 0.480 e. The Bertz CT molecular complexity index is 692. The highest BCUT2D eigenvalue weighted by Gasteiger charge is 2.34. The number of aryl methyl sites for hydroxylation is 1. The summed E-state index contributed by atoms with van der Waals surface area (Å²) in [6, 6.07) is 4.57. The summed E-state index contributed by atoms with van der Waals surface area (Å²) in [5.41, 5.74) is 2.17. The molecule has 6 heteroatoms. The van der Waals surface area contributed by atoms with Crippen LogP contribution in [-0.2, 0) is 11.8 Å². The number of carbonyl (C=O) groups excluding carboxylic acids is 1. The summed E-state index contributed by atoms with van der Waals surface area (Å²) in [5, 5.41) is 9.14. The summed E-state index contributed by atoms with van der Waals surface area (Å²) < 4.78 is 1.87. The number of fused-ring (bicyclic) bond motifs is 1. The van der Waals surface area contributed by atoms with Gasteiger partial charge >= 0.3 is 5.97 Å². The molecule has 0 radical (unpaired) electrons. The van der Waals surface area contributed by atoms with Crippen LogP contribution in [0.4, 0.5) is 0 Å². The van der Waals surface area contributed by atoms with Crippen LogP contribution in [0.15, 0.2) is 24.5 Å². The van der Waals surface area contributed by atoms with E-state index in [4.69, 9.17) is 5.11 Å². The molecule has 2 heterocycles. The zero-order valence-corrected chi connectivity index (χ0v) is 11.1. The van der Waals surface area contributed by atoms with Crippen molar-refractivity contribution in [1.82, 2.24) is 14.5 Å². The second-order valence-electron chi connectivity index (χ2n) is 5.05. The van der Waals surface area contributed by atoms with E-state index >= 15 is 0 Å². The Morgan fingerprint density at radius 2 is 2.20 bits per heavy atom. The number of aliphatic carboxylic acids is 1. The SMILES string of the molecule is Cn1cnc2cc(C(=O)N3CCC[C@H]3C(=O)O)ccc21. The molecule has 1 amide bonds. The van der Waals surface area contributed by atoms with Crippen molar-refractivity contribution < 1.29 is 14.7 Å².